The van der Waals surface area contributed by atoms with Gasteiger partial charge in [-0.05, 0) is 41.8 Å². The Morgan fingerprint density at radius 2 is 1.61 bits per heavy atom. The molecule has 8 nitrogen and oxygen atoms in total. The van der Waals surface area contributed by atoms with Gasteiger partial charge in [0.05, 0.1) is 12.8 Å². The molecule has 0 bridgehead atoms. The Labute approximate surface area is 210 Å². The molecule has 0 aliphatic rings. The normalized spacial score (nSPS) is 10.8. The number of unbranched alkanes of at least 4 members (excludes halogenated alkanes) is 2. The number of hydroxylamine groups is 2. The number of nitrogens with one attached hydrogen (secondary N) is 1. The van der Waals surface area contributed by atoms with Crippen LogP contribution in [-0.4, -0.2) is 41.9 Å². The first-order valence-corrected chi connectivity index (χ1v) is 11.7. The second kappa shape index (κ2) is 13.7. The Hall–Kier alpha value is -4.17. The first-order chi connectivity index (χ1) is 17.5. The Morgan fingerprint density at radius 1 is 0.889 bits per heavy atom. The SMILES string of the molecule is COC(=O)/C=C/C(=O)N(O)CCCCCc1ccc(COC(=O)Nc2cccc3ccccc23)cc1. The molecule has 0 spiro atoms. The van der Waals surface area contributed by atoms with Crippen LogP contribution in [-0.2, 0) is 32.1 Å². The van der Waals surface area contributed by atoms with E-state index in [2.05, 4.69) is 10.1 Å². The van der Waals surface area contributed by atoms with Crippen LogP contribution in [0.25, 0.3) is 10.8 Å². The van der Waals surface area contributed by atoms with E-state index in [0.717, 1.165) is 53.3 Å². The first kappa shape index (κ1) is 26.4. The molecule has 0 heterocycles. The van der Waals surface area contributed by atoms with Crippen LogP contribution in [0.15, 0.2) is 78.9 Å². The minimum absolute atomic E-state index is 0.168. The molecule has 188 valence electrons. The molecule has 0 aliphatic heterocycles. The molecule has 2 amide bonds. The number of fused-ring (bicyclic) bond motifs is 1. The fourth-order valence-electron chi connectivity index (χ4n) is 3.60. The van der Waals surface area contributed by atoms with Crippen LogP contribution in [0.3, 0.4) is 0 Å². The quantitative estimate of drug-likeness (QED) is 0.125. The van der Waals surface area contributed by atoms with Crippen LogP contribution >= 0.6 is 0 Å². The van der Waals surface area contributed by atoms with E-state index in [9.17, 15) is 19.6 Å². The van der Waals surface area contributed by atoms with Gasteiger partial charge >= 0.3 is 12.1 Å². The van der Waals surface area contributed by atoms with Crippen molar-refractivity contribution in [3.63, 3.8) is 0 Å². The minimum atomic E-state index is -0.663. The summed E-state index contributed by atoms with van der Waals surface area (Å²) in [5.74, 6) is -1.32. The molecule has 0 aliphatic carbocycles. The molecule has 8 heteroatoms. The number of methoxy groups -OCH3 is 1. The topological polar surface area (TPSA) is 105 Å². The molecule has 0 saturated carbocycles. The molecule has 36 heavy (non-hydrogen) atoms. The Bertz CT molecular complexity index is 1200. The summed E-state index contributed by atoms with van der Waals surface area (Å²) >= 11 is 0. The van der Waals surface area contributed by atoms with Crippen molar-refractivity contribution in [3.8, 4) is 0 Å². The number of aryl methyl sites for hydroxylation is 1. The summed E-state index contributed by atoms with van der Waals surface area (Å²) < 4.78 is 9.77. The first-order valence-electron chi connectivity index (χ1n) is 11.7. The lowest BCUT2D eigenvalue weighted by Gasteiger charge is -2.12. The van der Waals surface area contributed by atoms with Gasteiger partial charge in [0.15, 0.2) is 0 Å². The third-order valence-corrected chi connectivity index (χ3v) is 5.57. The Morgan fingerprint density at radius 3 is 2.39 bits per heavy atom. The van der Waals surface area contributed by atoms with Crippen molar-refractivity contribution in [2.75, 3.05) is 19.0 Å². The highest BCUT2D eigenvalue weighted by atomic mass is 16.5. The highest BCUT2D eigenvalue weighted by Crippen LogP contribution is 2.23. The van der Waals surface area contributed by atoms with Crippen LogP contribution < -0.4 is 5.32 Å². The molecular formula is C28H30N2O6. The van der Waals surface area contributed by atoms with Crippen LogP contribution in [0.1, 0.15) is 30.4 Å². The number of amides is 2. The van der Waals surface area contributed by atoms with Gasteiger partial charge in [0, 0.05) is 24.1 Å². The summed E-state index contributed by atoms with van der Waals surface area (Å²) in [6, 6.07) is 21.4. The van der Waals surface area contributed by atoms with Gasteiger partial charge in [-0.2, -0.15) is 0 Å². The van der Waals surface area contributed by atoms with Crippen molar-refractivity contribution >= 4 is 34.4 Å². The number of ether oxygens (including phenoxy) is 2. The molecule has 3 rings (SSSR count). The van der Waals surface area contributed by atoms with E-state index in [1.807, 2.05) is 66.7 Å². The summed E-state index contributed by atoms with van der Waals surface area (Å²) in [6.07, 6.45) is 4.64. The average molecular weight is 491 g/mol. The minimum Gasteiger partial charge on any atom is -0.466 e. The lowest BCUT2D eigenvalue weighted by atomic mass is 10.1. The van der Waals surface area contributed by atoms with Crippen molar-refractivity contribution in [3.05, 3.63) is 90.0 Å². The zero-order valence-corrected chi connectivity index (χ0v) is 20.2. The van der Waals surface area contributed by atoms with Gasteiger partial charge in [-0.1, -0.05) is 67.1 Å². The van der Waals surface area contributed by atoms with Gasteiger partial charge in [-0.25, -0.2) is 14.7 Å². The van der Waals surface area contributed by atoms with Crippen molar-refractivity contribution in [2.45, 2.75) is 32.3 Å². The second-order valence-electron chi connectivity index (χ2n) is 8.17. The largest absolute Gasteiger partial charge is 0.466 e. The van der Waals surface area contributed by atoms with E-state index in [4.69, 9.17) is 4.74 Å². The number of carbonyl (C=O) groups is 3. The predicted molar refractivity (Wildman–Crippen MR) is 136 cm³/mol. The van der Waals surface area contributed by atoms with E-state index < -0.39 is 18.0 Å². The number of esters is 1. The highest BCUT2D eigenvalue weighted by molar-refractivity contribution is 6.00. The van der Waals surface area contributed by atoms with Gasteiger partial charge in [-0.15, -0.1) is 0 Å². The molecule has 0 unspecified atom stereocenters. The number of rotatable bonds is 11. The number of nitrogens with zero attached hydrogens (tertiary/aromatic N) is 1. The smallest absolute Gasteiger partial charge is 0.411 e. The number of benzene rings is 3. The highest BCUT2D eigenvalue weighted by Gasteiger charge is 2.09. The molecule has 0 aromatic heterocycles. The Kier molecular flexibility index (Phi) is 10.0. The molecule has 2 N–H and O–H groups in total. The van der Waals surface area contributed by atoms with Crippen molar-refractivity contribution < 1.29 is 29.1 Å². The molecule has 3 aromatic rings. The number of hydrogen-bond acceptors (Lipinski definition) is 6. The Balaban J connectivity index is 1.35. The maximum Gasteiger partial charge on any atom is 0.411 e. The van der Waals surface area contributed by atoms with Crippen molar-refractivity contribution in [1.29, 1.82) is 0 Å². The second-order valence-corrected chi connectivity index (χ2v) is 8.17. The lowest BCUT2D eigenvalue weighted by Crippen LogP contribution is -2.26. The summed E-state index contributed by atoms with van der Waals surface area (Å²) in [6.45, 7) is 0.350. The zero-order chi connectivity index (χ0) is 25.8. The van der Waals surface area contributed by atoms with Crippen LogP contribution in [0.2, 0.25) is 0 Å². The number of carbonyl (C=O) groups excluding carboxylic acids is 3. The monoisotopic (exact) mass is 490 g/mol. The van der Waals surface area contributed by atoms with Crippen molar-refractivity contribution in [2.24, 2.45) is 0 Å². The van der Waals surface area contributed by atoms with Crippen LogP contribution in [0.4, 0.5) is 10.5 Å². The van der Waals surface area contributed by atoms with Gasteiger partial charge in [0.2, 0.25) is 0 Å². The maximum absolute atomic E-state index is 12.3. The van der Waals surface area contributed by atoms with Gasteiger partial charge in [0.1, 0.15) is 6.61 Å². The molecule has 0 fully saturated rings. The summed E-state index contributed by atoms with van der Waals surface area (Å²) in [5, 5.41) is 15.1. The molecule has 3 aromatic carbocycles. The van der Waals surface area contributed by atoms with E-state index in [1.165, 1.54) is 7.11 Å². The standard InChI is InChI=1S/C28H30N2O6/c1-35-27(32)18-17-26(31)30(34)19-6-2-3-8-21-13-15-22(16-14-21)20-36-28(33)29-25-12-7-10-23-9-4-5-11-24(23)25/h4-5,7,9-18,34H,2-3,6,8,19-20H2,1H3,(H,29,33)/b18-17+. The van der Waals surface area contributed by atoms with Gasteiger partial charge in [0.25, 0.3) is 5.91 Å². The molecule has 0 atom stereocenters. The van der Waals surface area contributed by atoms with E-state index in [-0.39, 0.29) is 13.2 Å². The average Bonchev–Trinajstić information content (AvgIpc) is 2.90. The molecular weight excluding hydrogens is 460 g/mol. The maximum atomic E-state index is 12.3. The molecule has 0 radical (unpaired) electrons. The fourth-order valence-corrected chi connectivity index (χ4v) is 3.60. The van der Waals surface area contributed by atoms with E-state index in [0.29, 0.717) is 17.2 Å². The van der Waals surface area contributed by atoms with E-state index >= 15 is 0 Å². The summed E-state index contributed by atoms with van der Waals surface area (Å²) in [5.41, 5.74) is 2.75. The third kappa shape index (κ3) is 8.25. The number of hydrogen-bond donors (Lipinski definition) is 2. The van der Waals surface area contributed by atoms with Gasteiger partial charge in [-0.3, -0.25) is 15.3 Å². The van der Waals surface area contributed by atoms with Crippen molar-refractivity contribution in [1.82, 2.24) is 5.06 Å². The summed E-state index contributed by atoms with van der Waals surface area (Å²) in [4.78, 5) is 34.9. The summed E-state index contributed by atoms with van der Waals surface area (Å²) in [7, 11) is 1.21. The van der Waals surface area contributed by atoms with Crippen LogP contribution in [0, 0.1) is 0 Å². The van der Waals surface area contributed by atoms with Crippen LogP contribution in [0.5, 0.6) is 0 Å². The van der Waals surface area contributed by atoms with E-state index in [1.54, 1.807) is 0 Å². The predicted octanol–water partition coefficient (Wildman–Crippen LogP) is 5.25. The molecule has 0 saturated heterocycles. The third-order valence-electron chi connectivity index (χ3n) is 5.57. The van der Waals surface area contributed by atoms with Gasteiger partial charge < -0.3 is 9.47 Å². The number of anilines is 1. The lowest BCUT2D eigenvalue weighted by molar-refractivity contribution is -0.159. The fraction of sp³-hybridized carbons (Fsp3) is 0.250. The zero-order valence-electron chi connectivity index (χ0n) is 20.2.